The third kappa shape index (κ3) is 3.18. The van der Waals surface area contributed by atoms with E-state index in [1.165, 1.54) is 24.3 Å². The lowest BCUT2D eigenvalue weighted by atomic mass is 9.70. The zero-order chi connectivity index (χ0) is 16.7. The van der Waals surface area contributed by atoms with Gasteiger partial charge in [-0.15, -0.1) is 0 Å². The fourth-order valence-corrected chi connectivity index (χ4v) is 3.50. The number of aliphatic hydroxyl groups excluding tert-OH is 1. The lowest BCUT2D eigenvalue weighted by Gasteiger charge is -2.48. The average molecular weight is 306 g/mol. The van der Waals surface area contributed by atoms with Gasteiger partial charge in [0.1, 0.15) is 5.78 Å². The molecule has 1 aromatic carbocycles. The van der Waals surface area contributed by atoms with E-state index in [4.69, 9.17) is 0 Å². The number of nitrogens with one attached hydrogen (secondary N) is 1. The van der Waals surface area contributed by atoms with Crippen molar-refractivity contribution >= 4 is 11.5 Å². The molecule has 1 aromatic rings. The van der Waals surface area contributed by atoms with Crippen molar-refractivity contribution in [2.24, 2.45) is 5.92 Å². The summed E-state index contributed by atoms with van der Waals surface area (Å²) in [6.45, 7) is 7.71. The normalized spacial score (nSPS) is 24.8. The van der Waals surface area contributed by atoms with E-state index < -0.39 is 22.5 Å². The standard InChI is InChI=1S/C16H22N2O4/c1-15(2)9-12(19)13(16(3,4)17-15)14(20)10-5-7-11(8-6-10)18(21)22/h5-8,13-14,17,20H,9H2,1-4H3/t13-,14-/m1/s1. The SMILES string of the molecule is CC1(C)CC(=O)[C@H]([C@H](O)c2ccc([N+](=O)[O-])cc2)C(C)(C)N1. The number of nitro groups is 1. The highest BCUT2D eigenvalue weighted by Crippen LogP contribution is 2.38. The summed E-state index contributed by atoms with van der Waals surface area (Å²) < 4.78 is 0. The summed E-state index contributed by atoms with van der Waals surface area (Å²) in [5, 5.41) is 24.7. The van der Waals surface area contributed by atoms with Gasteiger partial charge in [-0.3, -0.25) is 14.9 Å². The molecule has 1 aliphatic rings. The molecular weight excluding hydrogens is 284 g/mol. The van der Waals surface area contributed by atoms with Gasteiger partial charge in [0.25, 0.3) is 5.69 Å². The van der Waals surface area contributed by atoms with Crippen molar-refractivity contribution in [2.45, 2.75) is 51.3 Å². The molecule has 0 unspecified atom stereocenters. The first-order chi connectivity index (χ1) is 10.0. The second-order valence-corrected chi connectivity index (χ2v) is 7.14. The van der Waals surface area contributed by atoms with Gasteiger partial charge in [-0.05, 0) is 45.4 Å². The Labute approximate surface area is 129 Å². The Kier molecular flexibility index (Phi) is 4.10. The van der Waals surface area contributed by atoms with Gasteiger partial charge >= 0.3 is 0 Å². The van der Waals surface area contributed by atoms with Gasteiger partial charge in [0, 0.05) is 29.6 Å². The summed E-state index contributed by atoms with van der Waals surface area (Å²) in [5.41, 5.74) is -0.408. The maximum atomic E-state index is 12.5. The highest BCUT2D eigenvalue weighted by atomic mass is 16.6. The van der Waals surface area contributed by atoms with E-state index in [9.17, 15) is 20.0 Å². The van der Waals surface area contributed by atoms with Crippen molar-refractivity contribution in [3.8, 4) is 0 Å². The van der Waals surface area contributed by atoms with Gasteiger partial charge in [-0.1, -0.05) is 0 Å². The van der Waals surface area contributed by atoms with Gasteiger partial charge in [0.2, 0.25) is 0 Å². The van der Waals surface area contributed by atoms with Gasteiger partial charge in [-0.25, -0.2) is 0 Å². The van der Waals surface area contributed by atoms with Crippen LogP contribution in [-0.4, -0.2) is 26.9 Å². The smallest absolute Gasteiger partial charge is 0.269 e. The van der Waals surface area contributed by atoms with Gasteiger partial charge in [0.15, 0.2) is 0 Å². The van der Waals surface area contributed by atoms with Gasteiger partial charge < -0.3 is 10.4 Å². The van der Waals surface area contributed by atoms with Crippen LogP contribution in [0.4, 0.5) is 5.69 Å². The van der Waals surface area contributed by atoms with E-state index in [1.807, 2.05) is 27.7 Å². The van der Waals surface area contributed by atoms with E-state index in [-0.39, 0.29) is 17.0 Å². The van der Waals surface area contributed by atoms with Gasteiger partial charge in [0.05, 0.1) is 16.9 Å². The Hall–Kier alpha value is -1.79. The van der Waals surface area contributed by atoms with E-state index in [0.29, 0.717) is 12.0 Å². The van der Waals surface area contributed by atoms with Crippen molar-refractivity contribution in [2.75, 3.05) is 0 Å². The maximum absolute atomic E-state index is 12.5. The number of Topliss-reactive ketones (excluding diaryl/α,β-unsaturated/α-hetero) is 1. The summed E-state index contributed by atoms with van der Waals surface area (Å²) in [6.07, 6.45) is -0.655. The van der Waals surface area contributed by atoms with Crippen molar-refractivity contribution in [1.82, 2.24) is 5.32 Å². The van der Waals surface area contributed by atoms with E-state index >= 15 is 0 Å². The first kappa shape index (κ1) is 16.6. The van der Waals surface area contributed by atoms with Crippen LogP contribution >= 0.6 is 0 Å². The summed E-state index contributed by atoms with van der Waals surface area (Å²) in [7, 11) is 0. The van der Waals surface area contributed by atoms with Crippen LogP contribution in [-0.2, 0) is 4.79 Å². The minimum atomic E-state index is -0.994. The maximum Gasteiger partial charge on any atom is 0.269 e. The Morgan fingerprint density at radius 1 is 1.27 bits per heavy atom. The number of carbonyl (C=O) groups is 1. The summed E-state index contributed by atoms with van der Waals surface area (Å²) in [6, 6.07) is 5.70. The van der Waals surface area contributed by atoms with Crippen LogP contribution in [0.3, 0.4) is 0 Å². The van der Waals surface area contributed by atoms with Crippen molar-refractivity contribution in [3.05, 3.63) is 39.9 Å². The highest BCUT2D eigenvalue weighted by molar-refractivity contribution is 5.85. The van der Waals surface area contributed by atoms with Crippen molar-refractivity contribution in [1.29, 1.82) is 0 Å². The predicted molar refractivity (Wildman–Crippen MR) is 82.5 cm³/mol. The van der Waals surface area contributed by atoms with E-state index in [1.54, 1.807) is 0 Å². The summed E-state index contributed by atoms with van der Waals surface area (Å²) in [4.78, 5) is 22.7. The molecule has 0 saturated carbocycles. The first-order valence-electron chi connectivity index (χ1n) is 7.28. The third-order valence-electron chi connectivity index (χ3n) is 4.16. The summed E-state index contributed by atoms with van der Waals surface area (Å²) >= 11 is 0. The number of non-ortho nitro benzene ring substituents is 1. The summed E-state index contributed by atoms with van der Waals surface area (Å²) in [5.74, 6) is -0.596. The molecule has 2 atom stereocenters. The highest BCUT2D eigenvalue weighted by Gasteiger charge is 2.48. The average Bonchev–Trinajstić information content (AvgIpc) is 2.35. The fourth-order valence-electron chi connectivity index (χ4n) is 3.50. The zero-order valence-corrected chi connectivity index (χ0v) is 13.3. The number of nitro benzene ring substituents is 1. The molecule has 1 fully saturated rings. The minimum absolute atomic E-state index is 0.000368. The lowest BCUT2D eigenvalue weighted by molar-refractivity contribution is -0.384. The Bertz CT molecular complexity index is 593. The molecule has 0 amide bonds. The third-order valence-corrected chi connectivity index (χ3v) is 4.16. The second-order valence-electron chi connectivity index (χ2n) is 7.14. The molecule has 0 radical (unpaired) electrons. The number of nitrogens with zero attached hydrogens (tertiary/aromatic N) is 1. The molecule has 0 aliphatic carbocycles. The number of ketones is 1. The Balaban J connectivity index is 2.29. The minimum Gasteiger partial charge on any atom is -0.388 e. The van der Waals surface area contributed by atoms with Crippen LogP contribution in [0, 0.1) is 16.0 Å². The zero-order valence-electron chi connectivity index (χ0n) is 13.3. The number of hydrogen-bond donors (Lipinski definition) is 2. The number of aliphatic hydroxyl groups is 1. The molecular formula is C16H22N2O4. The molecule has 22 heavy (non-hydrogen) atoms. The molecule has 1 saturated heterocycles. The monoisotopic (exact) mass is 306 g/mol. The number of hydrogen-bond acceptors (Lipinski definition) is 5. The largest absolute Gasteiger partial charge is 0.388 e. The van der Waals surface area contributed by atoms with Crippen LogP contribution < -0.4 is 5.32 Å². The van der Waals surface area contributed by atoms with Gasteiger partial charge in [-0.2, -0.15) is 0 Å². The molecule has 6 nitrogen and oxygen atoms in total. The Morgan fingerprint density at radius 3 is 2.27 bits per heavy atom. The van der Waals surface area contributed by atoms with Crippen molar-refractivity contribution in [3.63, 3.8) is 0 Å². The van der Waals surface area contributed by atoms with E-state index in [0.717, 1.165) is 0 Å². The number of carbonyl (C=O) groups excluding carboxylic acids is 1. The molecule has 1 aliphatic heterocycles. The number of benzene rings is 1. The quantitative estimate of drug-likeness (QED) is 0.660. The van der Waals surface area contributed by atoms with Crippen LogP contribution in [0.5, 0.6) is 0 Å². The molecule has 120 valence electrons. The Morgan fingerprint density at radius 2 is 1.82 bits per heavy atom. The molecule has 0 bridgehead atoms. The fraction of sp³-hybridized carbons (Fsp3) is 0.562. The molecule has 2 rings (SSSR count). The van der Waals surface area contributed by atoms with Crippen LogP contribution in [0.25, 0.3) is 0 Å². The first-order valence-corrected chi connectivity index (χ1v) is 7.28. The molecule has 6 heteroatoms. The molecule has 0 spiro atoms. The second kappa shape index (κ2) is 5.44. The van der Waals surface area contributed by atoms with Crippen LogP contribution in [0.15, 0.2) is 24.3 Å². The predicted octanol–water partition coefficient (Wildman–Crippen LogP) is 2.36. The van der Waals surface area contributed by atoms with Crippen LogP contribution in [0.1, 0.15) is 45.8 Å². The topological polar surface area (TPSA) is 92.5 Å². The molecule has 2 N–H and O–H groups in total. The number of rotatable bonds is 3. The molecule has 1 heterocycles. The number of piperidine rings is 1. The lowest BCUT2D eigenvalue weighted by Crippen LogP contribution is -2.64. The van der Waals surface area contributed by atoms with E-state index in [2.05, 4.69) is 5.32 Å². The van der Waals surface area contributed by atoms with Crippen LogP contribution in [0.2, 0.25) is 0 Å². The molecule has 0 aromatic heterocycles. The van der Waals surface area contributed by atoms with Crippen molar-refractivity contribution < 1.29 is 14.8 Å².